The minimum absolute atomic E-state index is 0.588. The molecule has 4 nitrogen and oxygen atoms in total. The highest BCUT2D eigenvalue weighted by Crippen LogP contribution is 2.10. The molecule has 0 spiro atoms. The Morgan fingerprint density at radius 1 is 1.46 bits per heavy atom. The van der Waals surface area contributed by atoms with Crippen molar-refractivity contribution in [3.63, 3.8) is 0 Å². The molecule has 0 amide bonds. The van der Waals surface area contributed by atoms with Gasteiger partial charge in [-0.05, 0) is 12.1 Å². The zero-order chi connectivity index (χ0) is 9.26. The van der Waals surface area contributed by atoms with Crippen LogP contribution in [0.5, 0.6) is 0 Å². The van der Waals surface area contributed by atoms with E-state index in [9.17, 15) is 0 Å². The number of halogens is 1. The largest absolute Gasteiger partial charge is 0.411 e. The van der Waals surface area contributed by atoms with Crippen LogP contribution in [0.1, 0.15) is 5.69 Å². The summed E-state index contributed by atoms with van der Waals surface area (Å²) in [6.07, 6.45) is 4.72. The Hall–Kier alpha value is -1.55. The topological polar surface area (TPSA) is 49.9 Å². The van der Waals surface area contributed by atoms with Gasteiger partial charge in [-0.2, -0.15) is 0 Å². The van der Waals surface area contributed by atoms with E-state index in [0.29, 0.717) is 10.7 Å². The molecule has 0 saturated heterocycles. The lowest BCUT2D eigenvalue weighted by atomic mass is 10.5. The summed E-state index contributed by atoms with van der Waals surface area (Å²) in [5.41, 5.74) is 1.35. The predicted octanol–water partition coefficient (Wildman–Crippen LogP) is 1.80. The van der Waals surface area contributed by atoms with Gasteiger partial charge in [0.1, 0.15) is 11.3 Å². The molecule has 5 heteroatoms. The quantitative estimate of drug-likeness (QED) is 0.429. The van der Waals surface area contributed by atoms with Gasteiger partial charge in [0.25, 0.3) is 0 Å². The van der Waals surface area contributed by atoms with Crippen LogP contribution < -0.4 is 0 Å². The molecule has 2 heterocycles. The van der Waals surface area contributed by atoms with Crippen molar-refractivity contribution >= 4 is 23.5 Å². The van der Waals surface area contributed by atoms with Gasteiger partial charge in [-0.25, -0.2) is 4.98 Å². The van der Waals surface area contributed by atoms with Gasteiger partial charge in [0, 0.05) is 12.4 Å². The van der Waals surface area contributed by atoms with Crippen LogP contribution in [0.25, 0.3) is 5.65 Å². The number of oxime groups is 1. The third kappa shape index (κ3) is 1.48. The number of fused-ring (bicyclic) bond motifs is 1. The molecular weight excluding hydrogens is 190 g/mol. The SMILES string of the molecule is O/N=C/c1cn2cc(Cl)ccc2n1. The maximum Gasteiger partial charge on any atom is 0.137 e. The van der Waals surface area contributed by atoms with Crippen molar-refractivity contribution in [1.29, 1.82) is 0 Å². The zero-order valence-electron chi connectivity index (χ0n) is 6.55. The van der Waals surface area contributed by atoms with Gasteiger partial charge in [-0.1, -0.05) is 16.8 Å². The Kier molecular flexibility index (Phi) is 1.90. The van der Waals surface area contributed by atoms with Gasteiger partial charge in [-0.3, -0.25) is 0 Å². The standard InChI is InChI=1S/C8H6ClN3O/c9-6-1-2-8-11-7(3-10-13)5-12(8)4-6/h1-5,13H/b10-3+. The maximum atomic E-state index is 8.29. The average molecular weight is 196 g/mol. The lowest BCUT2D eigenvalue weighted by Gasteiger charge is -1.91. The van der Waals surface area contributed by atoms with Gasteiger partial charge in [0.2, 0.25) is 0 Å². The Balaban J connectivity index is 2.62. The highest BCUT2D eigenvalue weighted by atomic mass is 35.5. The van der Waals surface area contributed by atoms with E-state index in [1.807, 2.05) is 0 Å². The van der Waals surface area contributed by atoms with Crippen LogP contribution in [0.2, 0.25) is 5.02 Å². The first kappa shape index (κ1) is 8.07. The summed E-state index contributed by atoms with van der Waals surface area (Å²) >= 11 is 5.77. The van der Waals surface area contributed by atoms with E-state index in [4.69, 9.17) is 16.8 Å². The van der Waals surface area contributed by atoms with E-state index in [-0.39, 0.29) is 0 Å². The summed E-state index contributed by atoms with van der Waals surface area (Å²) in [7, 11) is 0. The number of hydrogen-bond acceptors (Lipinski definition) is 3. The second kappa shape index (κ2) is 3.06. The predicted molar refractivity (Wildman–Crippen MR) is 49.6 cm³/mol. The van der Waals surface area contributed by atoms with E-state index < -0.39 is 0 Å². The van der Waals surface area contributed by atoms with Crippen molar-refractivity contribution in [1.82, 2.24) is 9.38 Å². The highest BCUT2D eigenvalue weighted by Gasteiger charge is 1.98. The number of pyridine rings is 1. The van der Waals surface area contributed by atoms with Gasteiger partial charge in [0.05, 0.1) is 11.2 Å². The Labute approximate surface area is 79.1 Å². The van der Waals surface area contributed by atoms with Gasteiger partial charge >= 0.3 is 0 Å². The fraction of sp³-hybridized carbons (Fsp3) is 0. The Morgan fingerprint density at radius 2 is 2.31 bits per heavy atom. The molecular formula is C8H6ClN3O. The molecule has 0 saturated carbocycles. The summed E-state index contributed by atoms with van der Waals surface area (Å²) in [4.78, 5) is 4.14. The second-order valence-corrected chi connectivity index (χ2v) is 2.96. The first-order valence-corrected chi connectivity index (χ1v) is 3.99. The van der Waals surface area contributed by atoms with E-state index >= 15 is 0 Å². The highest BCUT2D eigenvalue weighted by molar-refractivity contribution is 6.30. The van der Waals surface area contributed by atoms with Crippen molar-refractivity contribution in [2.45, 2.75) is 0 Å². The Bertz CT molecular complexity index is 463. The first-order chi connectivity index (χ1) is 6.29. The minimum Gasteiger partial charge on any atom is -0.411 e. The fourth-order valence-corrected chi connectivity index (χ4v) is 1.27. The molecule has 2 rings (SSSR count). The van der Waals surface area contributed by atoms with E-state index in [1.165, 1.54) is 6.21 Å². The molecule has 1 N–H and O–H groups in total. The van der Waals surface area contributed by atoms with Crippen molar-refractivity contribution < 1.29 is 5.21 Å². The van der Waals surface area contributed by atoms with E-state index in [2.05, 4.69) is 10.1 Å². The smallest absolute Gasteiger partial charge is 0.137 e. The third-order valence-electron chi connectivity index (χ3n) is 1.62. The van der Waals surface area contributed by atoms with Crippen LogP contribution in [0.15, 0.2) is 29.7 Å². The molecule has 0 aromatic carbocycles. The van der Waals surface area contributed by atoms with Crippen LogP contribution in [-0.2, 0) is 0 Å². The fourth-order valence-electron chi connectivity index (χ4n) is 1.11. The number of aromatic nitrogens is 2. The summed E-state index contributed by atoms with van der Waals surface area (Å²) in [5, 5.41) is 11.8. The van der Waals surface area contributed by atoms with Crippen LogP contribution in [0.3, 0.4) is 0 Å². The molecule has 0 aliphatic carbocycles. The monoisotopic (exact) mass is 195 g/mol. The van der Waals surface area contributed by atoms with Gasteiger partial charge in [0.15, 0.2) is 0 Å². The molecule has 0 aliphatic rings. The number of nitrogens with zero attached hydrogens (tertiary/aromatic N) is 3. The molecule has 0 fully saturated rings. The molecule has 66 valence electrons. The summed E-state index contributed by atoms with van der Waals surface area (Å²) < 4.78 is 1.76. The molecule has 0 unspecified atom stereocenters. The van der Waals surface area contributed by atoms with Crippen molar-refractivity contribution in [2.24, 2.45) is 5.16 Å². The summed E-state index contributed by atoms with van der Waals surface area (Å²) in [6.45, 7) is 0. The zero-order valence-corrected chi connectivity index (χ0v) is 7.31. The normalized spacial score (nSPS) is 11.5. The molecule has 13 heavy (non-hydrogen) atoms. The molecule has 0 radical (unpaired) electrons. The van der Waals surface area contributed by atoms with Gasteiger partial charge < -0.3 is 9.61 Å². The lowest BCUT2D eigenvalue weighted by molar-refractivity contribution is 0.321. The van der Waals surface area contributed by atoms with E-state index in [1.54, 1.807) is 28.9 Å². The van der Waals surface area contributed by atoms with E-state index in [0.717, 1.165) is 5.65 Å². The van der Waals surface area contributed by atoms with Crippen LogP contribution in [-0.4, -0.2) is 20.8 Å². The lowest BCUT2D eigenvalue weighted by Crippen LogP contribution is -1.79. The molecule has 2 aromatic rings. The third-order valence-corrected chi connectivity index (χ3v) is 1.85. The molecule has 2 aromatic heterocycles. The minimum atomic E-state index is 0.588. The van der Waals surface area contributed by atoms with Crippen molar-refractivity contribution in [3.8, 4) is 0 Å². The van der Waals surface area contributed by atoms with Crippen molar-refractivity contribution in [3.05, 3.63) is 35.2 Å². The van der Waals surface area contributed by atoms with Gasteiger partial charge in [-0.15, -0.1) is 0 Å². The summed E-state index contributed by atoms with van der Waals surface area (Å²) in [6, 6.07) is 3.54. The van der Waals surface area contributed by atoms with Crippen LogP contribution in [0.4, 0.5) is 0 Å². The number of rotatable bonds is 1. The van der Waals surface area contributed by atoms with Crippen LogP contribution in [0, 0.1) is 0 Å². The average Bonchev–Trinajstić information content (AvgIpc) is 2.46. The van der Waals surface area contributed by atoms with Crippen molar-refractivity contribution in [2.75, 3.05) is 0 Å². The molecule has 0 atom stereocenters. The maximum absolute atomic E-state index is 8.29. The first-order valence-electron chi connectivity index (χ1n) is 3.61. The molecule has 0 aliphatic heterocycles. The molecule has 0 bridgehead atoms. The summed E-state index contributed by atoms with van der Waals surface area (Å²) in [5.74, 6) is 0. The number of hydrogen-bond donors (Lipinski definition) is 1. The Morgan fingerprint density at radius 3 is 3.08 bits per heavy atom. The van der Waals surface area contributed by atoms with Crippen LogP contribution >= 0.6 is 11.6 Å². The number of imidazole rings is 1. The second-order valence-electron chi connectivity index (χ2n) is 2.52.